The van der Waals surface area contributed by atoms with Crippen molar-refractivity contribution < 1.29 is 14.7 Å². The number of carbonyl (C=O) groups excluding carboxylic acids is 1. The quantitative estimate of drug-likeness (QED) is 0.868. The highest BCUT2D eigenvalue weighted by atomic mass is 16.4. The van der Waals surface area contributed by atoms with Crippen LogP contribution in [-0.2, 0) is 11.2 Å². The van der Waals surface area contributed by atoms with Crippen molar-refractivity contribution in [2.24, 2.45) is 5.41 Å². The van der Waals surface area contributed by atoms with E-state index >= 15 is 0 Å². The van der Waals surface area contributed by atoms with Crippen LogP contribution in [0.25, 0.3) is 0 Å². The lowest BCUT2D eigenvalue weighted by Crippen LogP contribution is -2.50. The third kappa shape index (κ3) is 2.42. The maximum absolute atomic E-state index is 12.9. The molecule has 5 nitrogen and oxygen atoms in total. The van der Waals surface area contributed by atoms with Gasteiger partial charge in [-0.25, -0.2) is 4.79 Å². The summed E-state index contributed by atoms with van der Waals surface area (Å²) in [6.45, 7) is 4.30. The van der Waals surface area contributed by atoms with Crippen LogP contribution in [0.3, 0.4) is 0 Å². The molecule has 1 aromatic carbocycles. The Balaban J connectivity index is 1.91. The zero-order valence-corrected chi connectivity index (χ0v) is 12.2. The van der Waals surface area contributed by atoms with Gasteiger partial charge in [-0.2, -0.15) is 0 Å². The van der Waals surface area contributed by atoms with E-state index in [1.807, 2.05) is 13.0 Å². The number of aromatic carboxylic acids is 1. The van der Waals surface area contributed by atoms with Crippen LogP contribution < -0.4 is 10.2 Å². The number of nitrogens with one attached hydrogen (secondary N) is 1. The molecule has 2 heterocycles. The van der Waals surface area contributed by atoms with Crippen LogP contribution in [0.2, 0.25) is 0 Å². The van der Waals surface area contributed by atoms with Gasteiger partial charge in [0.05, 0.1) is 11.0 Å². The van der Waals surface area contributed by atoms with Crippen molar-refractivity contribution in [2.75, 3.05) is 24.5 Å². The lowest BCUT2D eigenvalue weighted by atomic mass is 9.81. The van der Waals surface area contributed by atoms with Crippen LogP contribution in [0.15, 0.2) is 18.2 Å². The summed E-state index contributed by atoms with van der Waals surface area (Å²) in [6.07, 6.45) is 2.67. The van der Waals surface area contributed by atoms with E-state index in [2.05, 4.69) is 5.32 Å². The van der Waals surface area contributed by atoms with Gasteiger partial charge >= 0.3 is 5.97 Å². The van der Waals surface area contributed by atoms with Gasteiger partial charge in [-0.3, -0.25) is 4.79 Å². The van der Waals surface area contributed by atoms with E-state index in [0.29, 0.717) is 13.1 Å². The van der Waals surface area contributed by atoms with Crippen molar-refractivity contribution in [3.8, 4) is 0 Å². The molecule has 1 amide bonds. The summed E-state index contributed by atoms with van der Waals surface area (Å²) < 4.78 is 0. The van der Waals surface area contributed by atoms with E-state index < -0.39 is 5.97 Å². The summed E-state index contributed by atoms with van der Waals surface area (Å²) in [4.78, 5) is 25.8. The van der Waals surface area contributed by atoms with Crippen molar-refractivity contribution >= 4 is 17.6 Å². The Morgan fingerprint density at radius 2 is 2.19 bits per heavy atom. The second-order valence-electron chi connectivity index (χ2n) is 6.20. The lowest BCUT2D eigenvalue weighted by Gasteiger charge is -2.36. The van der Waals surface area contributed by atoms with Crippen LogP contribution in [0.1, 0.15) is 35.7 Å². The SMILES string of the molecule is CC1(C(=O)N2CCc3ccc(C(=O)O)cc32)CCCNC1. The molecule has 1 aromatic rings. The van der Waals surface area contributed by atoms with Gasteiger partial charge in [-0.15, -0.1) is 0 Å². The first-order valence-electron chi connectivity index (χ1n) is 7.40. The minimum Gasteiger partial charge on any atom is -0.478 e. The molecule has 2 aliphatic heterocycles. The first kappa shape index (κ1) is 14.1. The largest absolute Gasteiger partial charge is 0.478 e. The van der Waals surface area contributed by atoms with Gasteiger partial charge in [-0.05, 0) is 50.4 Å². The minimum absolute atomic E-state index is 0.107. The fraction of sp³-hybridized carbons (Fsp3) is 0.500. The number of anilines is 1. The standard InChI is InChI=1S/C16H20N2O3/c1-16(6-2-7-17-10-16)15(21)18-8-5-11-3-4-12(14(19)20)9-13(11)18/h3-4,9,17H,2,5-8,10H2,1H3,(H,19,20). The zero-order valence-electron chi connectivity index (χ0n) is 12.2. The molecule has 1 fully saturated rings. The summed E-state index contributed by atoms with van der Waals surface area (Å²) in [5, 5.41) is 12.4. The molecule has 2 aliphatic rings. The normalized spacial score (nSPS) is 24.7. The van der Waals surface area contributed by atoms with Crippen LogP contribution >= 0.6 is 0 Å². The fourth-order valence-electron chi connectivity index (χ4n) is 3.29. The van der Waals surface area contributed by atoms with Crippen LogP contribution in [0.5, 0.6) is 0 Å². The average molecular weight is 288 g/mol. The van der Waals surface area contributed by atoms with Gasteiger partial charge < -0.3 is 15.3 Å². The number of hydrogen-bond acceptors (Lipinski definition) is 3. The minimum atomic E-state index is -0.956. The van der Waals surface area contributed by atoms with Gasteiger partial charge in [0.2, 0.25) is 5.91 Å². The van der Waals surface area contributed by atoms with Crippen LogP contribution in [0, 0.1) is 5.41 Å². The highest BCUT2D eigenvalue weighted by Gasteiger charge is 2.40. The third-order valence-electron chi connectivity index (χ3n) is 4.59. The molecule has 2 N–H and O–H groups in total. The van der Waals surface area contributed by atoms with Gasteiger partial charge in [0.1, 0.15) is 0 Å². The first-order valence-corrected chi connectivity index (χ1v) is 7.40. The number of carboxylic acid groups (broad SMARTS) is 1. The maximum Gasteiger partial charge on any atom is 0.335 e. The number of amides is 1. The van der Waals surface area contributed by atoms with Gasteiger partial charge in [0.25, 0.3) is 0 Å². The Kier molecular flexibility index (Phi) is 3.45. The van der Waals surface area contributed by atoms with Gasteiger partial charge in [0.15, 0.2) is 0 Å². The summed E-state index contributed by atoms with van der Waals surface area (Å²) >= 11 is 0. The Morgan fingerprint density at radius 3 is 2.86 bits per heavy atom. The molecular weight excluding hydrogens is 268 g/mol. The number of piperidine rings is 1. The molecule has 0 bridgehead atoms. The molecule has 1 saturated heterocycles. The predicted octanol–water partition coefficient (Wildman–Crippen LogP) is 1.66. The summed E-state index contributed by atoms with van der Waals surface area (Å²) in [7, 11) is 0. The summed E-state index contributed by atoms with van der Waals surface area (Å²) in [5.74, 6) is -0.848. The van der Waals surface area contributed by atoms with Crippen LogP contribution in [0.4, 0.5) is 5.69 Å². The molecule has 3 rings (SSSR count). The predicted molar refractivity (Wildman–Crippen MR) is 79.7 cm³/mol. The number of benzene rings is 1. The number of rotatable bonds is 2. The summed E-state index contributed by atoms with van der Waals surface area (Å²) in [5.41, 5.74) is 1.67. The topological polar surface area (TPSA) is 69.6 Å². The van der Waals surface area contributed by atoms with E-state index in [-0.39, 0.29) is 16.9 Å². The van der Waals surface area contributed by atoms with Crippen molar-refractivity contribution in [3.05, 3.63) is 29.3 Å². The average Bonchev–Trinajstić information content (AvgIpc) is 2.90. The van der Waals surface area contributed by atoms with Crippen LogP contribution in [-0.4, -0.2) is 36.6 Å². The molecule has 0 spiro atoms. The first-order chi connectivity index (χ1) is 10.0. The molecule has 21 heavy (non-hydrogen) atoms. The number of fused-ring (bicyclic) bond motifs is 1. The van der Waals surface area contributed by atoms with Crippen molar-refractivity contribution in [1.29, 1.82) is 0 Å². The maximum atomic E-state index is 12.9. The summed E-state index contributed by atoms with van der Waals surface area (Å²) in [6, 6.07) is 5.06. The van der Waals surface area contributed by atoms with Gasteiger partial charge in [0, 0.05) is 18.8 Å². The Morgan fingerprint density at radius 1 is 1.38 bits per heavy atom. The molecule has 1 atom stereocenters. The molecule has 0 radical (unpaired) electrons. The van der Waals surface area contributed by atoms with E-state index in [0.717, 1.165) is 37.1 Å². The van der Waals surface area contributed by atoms with E-state index in [4.69, 9.17) is 5.11 Å². The monoisotopic (exact) mass is 288 g/mol. The zero-order chi connectivity index (χ0) is 15.0. The molecule has 5 heteroatoms. The molecule has 112 valence electrons. The van der Waals surface area contributed by atoms with Crippen molar-refractivity contribution in [1.82, 2.24) is 5.32 Å². The highest BCUT2D eigenvalue weighted by molar-refractivity contribution is 6.00. The molecule has 0 aliphatic carbocycles. The number of nitrogens with zero attached hydrogens (tertiary/aromatic N) is 1. The highest BCUT2D eigenvalue weighted by Crippen LogP contribution is 2.35. The van der Waals surface area contributed by atoms with Crippen molar-refractivity contribution in [2.45, 2.75) is 26.2 Å². The van der Waals surface area contributed by atoms with Gasteiger partial charge in [-0.1, -0.05) is 6.07 Å². The fourth-order valence-corrected chi connectivity index (χ4v) is 3.29. The number of carboxylic acids is 1. The molecule has 0 saturated carbocycles. The van der Waals surface area contributed by atoms with Crippen molar-refractivity contribution in [3.63, 3.8) is 0 Å². The van der Waals surface area contributed by atoms with E-state index in [1.165, 1.54) is 0 Å². The molecule has 1 unspecified atom stereocenters. The number of carbonyl (C=O) groups is 2. The Hall–Kier alpha value is -1.88. The Labute approximate surface area is 123 Å². The third-order valence-corrected chi connectivity index (χ3v) is 4.59. The van der Waals surface area contributed by atoms with E-state index in [1.54, 1.807) is 17.0 Å². The second-order valence-corrected chi connectivity index (χ2v) is 6.20. The Bertz CT molecular complexity index is 591. The smallest absolute Gasteiger partial charge is 0.335 e. The second kappa shape index (κ2) is 5.15. The number of hydrogen-bond donors (Lipinski definition) is 2. The molecular formula is C16H20N2O3. The van der Waals surface area contributed by atoms with E-state index in [9.17, 15) is 9.59 Å². The lowest BCUT2D eigenvalue weighted by molar-refractivity contribution is -0.128. The molecule has 0 aromatic heterocycles.